The van der Waals surface area contributed by atoms with Crippen molar-refractivity contribution in [2.75, 3.05) is 6.61 Å². The van der Waals surface area contributed by atoms with Crippen molar-refractivity contribution >= 4 is 29.4 Å². The van der Waals surface area contributed by atoms with Gasteiger partial charge >= 0.3 is 6.09 Å². The molecule has 0 spiro atoms. The quantitative estimate of drug-likeness (QED) is 0.523. The van der Waals surface area contributed by atoms with Gasteiger partial charge in [-0.15, -0.1) is 11.3 Å². The second-order valence-electron chi connectivity index (χ2n) is 5.36. The summed E-state index contributed by atoms with van der Waals surface area (Å²) in [6.07, 6.45) is 4.13. The Morgan fingerprint density at radius 2 is 2.00 bits per heavy atom. The molecule has 2 N–H and O–H groups in total. The molecule has 0 aliphatic rings. The highest BCUT2D eigenvalue weighted by Crippen LogP contribution is 2.28. The summed E-state index contributed by atoms with van der Waals surface area (Å²) >= 11 is 1.57. The highest BCUT2D eigenvalue weighted by atomic mass is 32.1. The number of aromatic nitrogens is 2. The van der Waals surface area contributed by atoms with Crippen LogP contribution in [0.2, 0.25) is 0 Å². The average molecular weight is 382 g/mol. The van der Waals surface area contributed by atoms with E-state index in [1.54, 1.807) is 29.0 Å². The van der Waals surface area contributed by atoms with Crippen LogP contribution in [0.15, 0.2) is 60.1 Å². The molecular formula is C19H18N4O3S. The van der Waals surface area contributed by atoms with Crippen LogP contribution in [0.4, 0.5) is 4.79 Å². The first-order valence-electron chi connectivity index (χ1n) is 8.27. The maximum absolute atomic E-state index is 11.9. The van der Waals surface area contributed by atoms with E-state index >= 15 is 0 Å². The van der Waals surface area contributed by atoms with Crippen molar-refractivity contribution in [1.29, 1.82) is 0 Å². The number of hydrogen-bond acceptors (Lipinski definition) is 5. The molecule has 138 valence electrons. The average Bonchev–Trinajstić information content (AvgIpc) is 3.35. The molecule has 0 saturated heterocycles. The Labute approximate surface area is 160 Å². The van der Waals surface area contributed by atoms with E-state index < -0.39 is 12.0 Å². The standard InChI is InChI=1S/C19H18N4O3S/c1-2-26-19(25)21-20-17(24)11-10-14-13-23(15-7-4-3-5-8-15)22-18(14)16-9-6-12-27-16/h3-13H,2H2,1H3,(H,20,24)(H,21,25)/b11-10+. The summed E-state index contributed by atoms with van der Waals surface area (Å²) < 4.78 is 6.44. The maximum Gasteiger partial charge on any atom is 0.426 e. The molecule has 3 aromatic rings. The molecule has 7 nitrogen and oxygen atoms in total. The third-order valence-electron chi connectivity index (χ3n) is 3.50. The number of rotatable bonds is 5. The minimum atomic E-state index is -0.713. The van der Waals surface area contributed by atoms with E-state index in [0.717, 1.165) is 21.8 Å². The fraction of sp³-hybridized carbons (Fsp3) is 0.105. The molecule has 0 fully saturated rings. The lowest BCUT2D eigenvalue weighted by Crippen LogP contribution is -2.41. The Bertz CT molecular complexity index is 933. The predicted octanol–water partition coefficient (Wildman–Crippen LogP) is 3.39. The van der Waals surface area contributed by atoms with Crippen LogP contribution < -0.4 is 10.9 Å². The Kier molecular flexibility index (Phi) is 6.01. The van der Waals surface area contributed by atoms with Crippen LogP contribution in [0.3, 0.4) is 0 Å². The SMILES string of the molecule is CCOC(=O)NNC(=O)/C=C/c1cn(-c2ccccc2)nc1-c1cccs1. The molecule has 2 heterocycles. The molecule has 8 heteroatoms. The highest BCUT2D eigenvalue weighted by Gasteiger charge is 2.11. The van der Waals surface area contributed by atoms with Gasteiger partial charge in [0.1, 0.15) is 5.69 Å². The van der Waals surface area contributed by atoms with E-state index in [1.165, 1.54) is 6.08 Å². The molecule has 27 heavy (non-hydrogen) atoms. The van der Waals surface area contributed by atoms with Crippen molar-refractivity contribution in [3.05, 3.63) is 65.7 Å². The summed E-state index contributed by atoms with van der Waals surface area (Å²) in [4.78, 5) is 24.1. The normalized spacial score (nSPS) is 10.7. The van der Waals surface area contributed by atoms with Gasteiger partial charge in [-0.1, -0.05) is 24.3 Å². The van der Waals surface area contributed by atoms with Crippen molar-refractivity contribution in [2.24, 2.45) is 0 Å². The molecule has 0 saturated carbocycles. The molecule has 3 rings (SSSR count). The van der Waals surface area contributed by atoms with Gasteiger partial charge in [-0.05, 0) is 36.6 Å². The van der Waals surface area contributed by atoms with Gasteiger partial charge in [0, 0.05) is 17.8 Å². The minimum absolute atomic E-state index is 0.223. The van der Waals surface area contributed by atoms with Crippen LogP contribution in [0.1, 0.15) is 12.5 Å². The molecule has 0 bridgehead atoms. The van der Waals surface area contributed by atoms with Crippen LogP contribution in [0, 0.1) is 0 Å². The number of amides is 2. The fourth-order valence-corrected chi connectivity index (χ4v) is 3.05. The number of nitrogens with one attached hydrogen (secondary N) is 2. The number of carbonyl (C=O) groups is 2. The van der Waals surface area contributed by atoms with E-state index in [-0.39, 0.29) is 6.61 Å². The molecule has 0 radical (unpaired) electrons. The van der Waals surface area contributed by atoms with Gasteiger partial charge in [0.25, 0.3) is 5.91 Å². The van der Waals surface area contributed by atoms with Crippen molar-refractivity contribution in [2.45, 2.75) is 6.92 Å². The van der Waals surface area contributed by atoms with E-state index in [9.17, 15) is 9.59 Å². The van der Waals surface area contributed by atoms with Crippen LogP contribution in [-0.4, -0.2) is 28.4 Å². The fourth-order valence-electron chi connectivity index (χ4n) is 2.31. The lowest BCUT2D eigenvalue weighted by atomic mass is 10.2. The van der Waals surface area contributed by atoms with Gasteiger partial charge in [0.2, 0.25) is 0 Å². The summed E-state index contributed by atoms with van der Waals surface area (Å²) in [6, 6.07) is 13.6. The third-order valence-corrected chi connectivity index (χ3v) is 4.37. The topological polar surface area (TPSA) is 85.3 Å². The monoisotopic (exact) mass is 382 g/mol. The molecule has 0 aliphatic carbocycles. The second-order valence-corrected chi connectivity index (χ2v) is 6.31. The number of ether oxygens (including phenoxy) is 1. The molecule has 2 aromatic heterocycles. The van der Waals surface area contributed by atoms with Crippen molar-refractivity contribution in [3.63, 3.8) is 0 Å². The molecular weight excluding hydrogens is 364 g/mol. The molecule has 0 unspecified atom stereocenters. The zero-order valence-corrected chi connectivity index (χ0v) is 15.4. The number of para-hydroxylation sites is 1. The second kappa shape index (κ2) is 8.81. The number of carbonyl (C=O) groups excluding carboxylic acids is 2. The van der Waals surface area contributed by atoms with E-state index in [1.807, 2.05) is 54.0 Å². The van der Waals surface area contributed by atoms with Gasteiger partial charge in [0.05, 0.1) is 17.2 Å². The van der Waals surface area contributed by atoms with Crippen molar-refractivity contribution in [3.8, 4) is 16.3 Å². The zero-order chi connectivity index (χ0) is 19.1. The van der Waals surface area contributed by atoms with E-state index in [0.29, 0.717) is 0 Å². The Morgan fingerprint density at radius 1 is 1.19 bits per heavy atom. The predicted molar refractivity (Wildman–Crippen MR) is 104 cm³/mol. The summed E-state index contributed by atoms with van der Waals surface area (Å²) in [5.74, 6) is -0.479. The van der Waals surface area contributed by atoms with Crippen LogP contribution >= 0.6 is 11.3 Å². The van der Waals surface area contributed by atoms with Gasteiger partial charge in [-0.25, -0.2) is 14.9 Å². The Morgan fingerprint density at radius 3 is 2.70 bits per heavy atom. The molecule has 1 aromatic carbocycles. The lowest BCUT2D eigenvalue weighted by Gasteiger charge is -2.04. The third kappa shape index (κ3) is 4.83. The van der Waals surface area contributed by atoms with E-state index in [2.05, 4.69) is 20.7 Å². The van der Waals surface area contributed by atoms with Crippen LogP contribution in [0.5, 0.6) is 0 Å². The lowest BCUT2D eigenvalue weighted by molar-refractivity contribution is -0.117. The van der Waals surface area contributed by atoms with Crippen LogP contribution in [0.25, 0.3) is 22.3 Å². The first kappa shape index (κ1) is 18.4. The Balaban J connectivity index is 1.80. The number of thiophene rings is 1. The number of hydrazine groups is 1. The first-order valence-corrected chi connectivity index (χ1v) is 9.15. The molecule has 0 aliphatic heterocycles. The Hall–Kier alpha value is -3.39. The van der Waals surface area contributed by atoms with Crippen molar-refractivity contribution in [1.82, 2.24) is 20.6 Å². The number of benzene rings is 1. The first-order chi connectivity index (χ1) is 13.2. The minimum Gasteiger partial charge on any atom is -0.449 e. The van der Waals surface area contributed by atoms with Gasteiger partial charge < -0.3 is 4.74 Å². The number of hydrogen-bond donors (Lipinski definition) is 2. The van der Waals surface area contributed by atoms with Gasteiger partial charge in [-0.2, -0.15) is 5.10 Å². The smallest absolute Gasteiger partial charge is 0.426 e. The highest BCUT2D eigenvalue weighted by molar-refractivity contribution is 7.13. The molecule has 0 atom stereocenters. The summed E-state index contributed by atoms with van der Waals surface area (Å²) in [5.41, 5.74) is 6.90. The summed E-state index contributed by atoms with van der Waals surface area (Å²) in [7, 11) is 0. The maximum atomic E-state index is 11.9. The van der Waals surface area contributed by atoms with Gasteiger partial charge in [0.15, 0.2) is 0 Å². The summed E-state index contributed by atoms with van der Waals surface area (Å²) in [6.45, 7) is 1.90. The van der Waals surface area contributed by atoms with Crippen LogP contribution in [-0.2, 0) is 9.53 Å². The number of nitrogens with zero attached hydrogens (tertiary/aromatic N) is 2. The summed E-state index contributed by atoms with van der Waals surface area (Å²) in [5, 5.41) is 6.63. The molecule has 2 amide bonds. The zero-order valence-electron chi connectivity index (χ0n) is 14.6. The largest absolute Gasteiger partial charge is 0.449 e. The van der Waals surface area contributed by atoms with E-state index in [4.69, 9.17) is 0 Å². The van der Waals surface area contributed by atoms with Gasteiger partial charge in [-0.3, -0.25) is 10.2 Å². The van der Waals surface area contributed by atoms with Crippen molar-refractivity contribution < 1.29 is 14.3 Å².